The Balaban J connectivity index is 3.77. The van der Waals surface area contributed by atoms with Crippen molar-refractivity contribution >= 4 is 23.5 Å². The predicted octanol–water partition coefficient (Wildman–Crippen LogP) is 1.37. The second kappa shape index (κ2) is 7.62. The van der Waals surface area contributed by atoms with Crippen molar-refractivity contribution in [3.63, 3.8) is 0 Å². The van der Waals surface area contributed by atoms with E-state index in [2.05, 4.69) is 4.74 Å². The molecule has 0 fully saturated rings. The van der Waals surface area contributed by atoms with E-state index in [1.807, 2.05) is 13.8 Å². The van der Waals surface area contributed by atoms with Crippen LogP contribution >= 0.6 is 11.6 Å². The maximum Gasteiger partial charge on any atom is 0.307 e. The molecule has 0 spiro atoms. The number of nitrogens with zero attached hydrogens (tertiary/aromatic N) is 1. The summed E-state index contributed by atoms with van der Waals surface area (Å²) in [4.78, 5) is 23.9. The average molecular weight is 222 g/mol. The van der Waals surface area contributed by atoms with Gasteiger partial charge in [-0.05, 0) is 13.8 Å². The Bertz CT molecular complexity index is 192. The van der Waals surface area contributed by atoms with Gasteiger partial charge in [-0.1, -0.05) is 11.6 Å². The van der Waals surface area contributed by atoms with E-state index in [9.17, 15) is 9.59 Å². The van der Waals surface area contributed by atoms with Gasteiger partial charge in [0.25, 0.3) is 0 Å². The van der Waals surface area contributed by atoms with Crippen molar-refractivity contribution in [2.75, 3.05) is 19.2 Å². The van der Waals surface area contributed by atoms with Crippen molar-refractivity contribution in [2.45, 2.75) is 26.7 Å². The van der Waals surface area contributed by atoms with Gasteiger partial charge < -0.3 is 9.64 Å². The molecule has 0 bridgehead atoms. The Morgan fingerprint density at radius 2 is 1.79 bits per heavy atom. The minimum atomic E-state index is -0.430. The molecule has 0 atom stereocenters. The summed E-state index contributed by atoms with van der Waals surface area (Å²) >= 11 is 5.19. The number of amides is 1. The third kappa shape index (κ3) is 5.07. The highest BCUT2D eigenvalue weighted by atomic mass is 35.5. The smallest absolute Gasteiger partial charge is 0.307 e. The highest BCUT2D eigenvalue weighted by molar-refractivity contribution is 6.17. The lowest BCUT2D eigenvalue weighted by Gasteiger charge is -2.17. The van der Waals surface area contributed by atoms with Crippen LogP contribution < -0.4 is 0 Å². The van der Waals surface area contributed by atoms with Gasteiger partial charge in [0.15, 0.2) is 6.07 Å². The molecule has 1 amide bonds. The lowest BCUT2D eigenvalue weighted by molar-refractivity contribution is -0.144. The van der Waals surface area contributed by atoms with Gasteiger partial charge in [-0.15, -0.1) is 0 Å². The third-order valence-corrected chi connectivity index (χ3v) is 1.98. The first-order valence-electron chi connectivity index (χ1n) is 4.65. The van der Waals surface area contributed by atoms with Crippen molar-refractivity contribution in [3.8, 4) is 0 Å². The lowest BCUT2D eigenvalue weighted by atomic mass is 10.3. The number of carbonyl (C=O) groups excluding carboxylic acids is 2. The van der Waals surface area contributed by atoms with E-state index in [1.165, 1.54) is 0 Å². The van der Waals surface area contributed by atoms with E-state index in [1.54, 1.807) is 4.90 Å². The van der Waals surface area contributed by atoms with Crippen LogP contribution in [-0.2, 0) is 14.3 Å². The molecule has 82 valence electrons. The van der Waals surface area contributed by atoms with Crippen LogP contribution in [0.3, 0.4) is 0 Å². The number of hydrogen-bond donors (Lipinski definition) is 0. The zero-order chi connectivity index (χ0) is 11.0. The summed E-state index contributed by atoms with van der Waals surface area (Å²) in [5.41, 5.74) is 0. The van der Waals surface area contributed by atoms with Gasteiger partial charge in [0, 0.05) is 19.5 Å². The Kier molecular flexibility index (Phi) is 7.20. The van der Waals surface area contributed by atoms with Crippen LogP contribution in [0.5, 0.6) is 0 Å². The van der Waals surface area contributed by atoms with Crippen LogP contribution in [0.15, 0.2) is 0 Å². The first kappa shape index (κ1) is 13.2. The van der Waals surface area contributed by atoms with E-state index >= 15 is 0 Å². The number of rotatable bonds is 6. The molecule has 0 aromatic heterocycles. The summed E-state index contributed by atoms with van der Waals surface area (Å²) in [6, 6.07) is -0.154. The number of hydrogen-bond acceptors (Lipinski definition) is 3. The van der Waals surface area contributed by atoms with E-state index in [0.717, 1.165) is 0 Å². The SMILES string of the molecule is CCN(CC)C(=O)CCC(=O)OCCl. The molecule has 0 N–H and O–H groups in total. The number of ether oxygens (including phenoxy) is 1. The van der Waals surface area contributed by atoms with Crippen LogP contribution in [0, 0.1) is 0 Å². The van der Waals surface area contributed by atoms with Gasteiger partial charge in [-0.25, -0.2) is 0 Å². The molecule has 0 saturated heterocycles. The molecule has 0 aromatic carbocycles. The number of halogens is 1. The minimum absolute atomic E-state index is 0.0264. The Hall–Kier alpha value is -0.770. The van der Waals surface area contributed by atoms with Crippen LogP contribution in [0.4, 0.5) is 0 Å². The van der Waals surface area contributed by atoms with Crippen LogP contribution in [0.1, 0.15) is 26.7 Å². The van der Waals surface area contributed by atoms with Gasteiger partial charge in [0.2, 0.25) is 5.91 Å². The van der Waals surface area contributed by atoms with E-state index in [0.29, 0.717) is 13.1 Å². The largest absolute Gasteiger partial charge is 0.449 e. The first-order valence-corrected chi connectivity index (χ1v) is 5.18. The van der Waals surface area contributed by atoms with Crippen LogP contribution in [-0.4, -0.2) is 35.9 Å². The maximum absolute atomic E-state index is 11.4. The zero-order valence-corrected chi connectivity index (χ0v) is 9.34. The highest BCUT2D eigenvalue weighted by Gasteiger charge is 2.12. The van der Waals surface area contributed by atoms with Gasteiger partial charge in [-0.2, -0.15) is 0 Å². The molecule has 0 radical (unpaired) electrons. The number of esters is 1. The van der Waals surface area contributed by atoms with E-state index < -0.39 is 5.97 Å². The quantitative estimate of drug-likeness (QED) is 0.503. The monoisotopic (exact) mass is 221 g/mol. The predicted molar refractivity (Wildman–Crippen MR) is 54.0 cm³/mol. The van der Waals surface area contributed by atoms with Crippen molar-refractivity contribution in [1.82, 2.24) is 4.90 Å². The molecule has 4 nitrogen and oxygen atoms in total. The summed E-state index contributed by atoms with van der Waals surface area (Å²) in [7, 11) is 0. The molecular formula is C9H16ClNO3. The topological polar surface area (TPSA) is 46.6 Å². The van der Waals surface area contributed by atoms with Gasteiger partial charge >= 0.3 is 5.97 Å². The van der Waals surface area contributed by atoms with Gasteiger partial charge in [0.1, 0.15) is 0 Å². The number of carbonyl (C=O) groups is 2. The van der Waals surface area contributed by atoms with Crippen molar-refractivity contribution in [1.29, 1.82) is 0 Å². The minimum Gasteiger partial charge on any atom is -0.449 e. The highest BCUT2D eigenvalue weighted by Crippen LogP contribution is 1.99. The molecule has 5 heteroatoms. The normalized spacial score (nSPS) is 9.64. The number of alkyl halides is 1. The summed E-state index contributed by atoms with van der Waals surface area (Å²) in [5.74, 6) is -0.456. The molecule has 0 unspecified atom stereocenters. The molecule has 0 rings (SSSR count). The zero-order valence-electron chi connectivity index (χ0n) is 8.59. The van der Waals surface area contributed by atoms with Gasteiger partial charge in [-0.3, -0.25) is 9.59 Å². The van der Waals surface area contributed by atoms with E-state index in [-0.39, 0.29) is 24.8 Å². The summed E-state index contributed by atoms with van der Waals surface area (Å²) in [6.45, 7) is 5.14. The molecular weight excluding hydrogens is 206 g/mol. The maximum atomic E-state index is 11.4. The lowest BCUT2D eigenvalue weighted by Crippen LogP contribution is -2.30. The fraction of sp³-hybridized carbons (Fsp3) is 0.778. The Morgan fingerprint density at radius 3 is 2.21 bits per heavy atom. The summed E-state index contributed by atoms with van der Waals surface area (Å²) in [6.07, 6.45) is 0.291. The molecule has 0 aromatic rings. The standard InChI is InChI=1S/C9H16ClNO3/c1-3-11(4-2)8(12)5-6-9(13)14-7-10/h3-7H2,1-2H3. The van der Waals surface area contributed by atoms with Crippen molar-refractivity contribution < 1.29 is 14.3 Å². The average Bonchev–Trinajstić information content (AvgIpc) is 2.17. The fourth-order valence-corrected chi connectivity index (χ4v) is 1.20. The van der Waals surface area contributed by atoms with Gasteiger partial charge in [0.05, 0.1) is 6.42 Å². The molecule has 0 saturated carbocycles. The Labute approximate surface area is 89.2 Å². The molecule has 0 aliphatic rings. The van der Waals surface area contributed by atoms with E-state index in [4.69, 9.17) is 11.6 Å². The van der Waals surface area contributed by atoms with Crippen molar-refractivity contribution in [3.05, 3.63) is 0 Å². The first-order chi connectivity index (χ1) is 6.65. The molecule has 0 aliphatic heterocycles. The Morgan fingerprint density at radius 1 is 1.21 bits per heavy atom. The van der Waals surface area contributed by atoms with Crippen molar-refractivity contribution in [2.24, 2.45) is 0 Å². The van der Waals surface area contributed by atoms with Crippen LogP contribution in [0.2, 0.25) is 0 Å². The third-order valence-electron chi connectivity index (χ3n) is 1.87. The second-order valence-electron chi connectivity index (χ2n) is 2.69. The summed E-state index contributed by atoms with van der Waals surface area (Å²) < 4.78 is 4.50. The molecule has 0 aliphatic carbocycles. The second-order valence-corrected chi connectivity index (χ2v) is 2.91. The fourth-order valence-electron chi connectivity index (χ4n) is 1.08. The molecule has 0 heterocycles. The summed E-state index contributed by atoms with van der Waals surface area (Å²) in [5, 5.41) is 0. The molecule has 14 heavy (non-hydrogen) atoms. The van der Waals surface area contributed by atoms with Crippen LogP contribution in [0.25, 0.3) is 0 Å².